The van der Waals surface area contributed by atoms with Gasteiger partial charge in [-0.25, -0.2) is 4.68 Å². The SMILES string of the molecule is COc1c(CCC(=O)O)c(C)nn1-c1cccc(Cl)c1. The molecular weight excluding hydrogens is 280 g/mol. The minimum atomic E-state index is -0.845. The number of hydrogen-bond acceptors (Lipinski definition) is 3. The van der Waals surface area contributed by atoms with Crippen molar-refractivity contribution in [1.29, 1.82) is 0 Å². The fourth-order valence-electron chi connectivity index (χ4n) is 2.05. The summed E-state index contributed by atoms with van der Waals surface area (Å²) in [6.07, 6.45) is 0.420. The van der Waals surface area contributed by atoms with Crippen molar-refractivity contribution in [3.63, 3.8) is 0 Å². The molecule has 5 nitrogen and oxygen atoms in total. The largest absolute Gasteiger partial charge is 0.481 e. The molecule has 0 aliphatic carbocycles. The first-order valence-electron chi connectivity index (χ1n) is 6.13. The predicted molar refractivity (Wildman–Crippen MR) is 75.8 cm³/mol. The molecule has 0 fully saturated rings. The van der Waals surface area contributed by atoms with Gasteiger partial charge in [0.1, 0.15) is 0 Å². The van der Waals surface area contributed by atoms with Crippen LogP contribution >= 0.6 is 11.6 Å². The molecule has 20 heavy (non-hydrogen) atoms. The average molecular weight is 295 g/mol. The number of benzene rings is 1. The van der Waals surface area contributed by atoms with Crippen LogP contribution in [0.5, 0.6) is 5.88 Å². The highest BCUT2D eigenvalue weighted by atomic mass is 35.5. The number of nitrogens with zero attached hydrogens (tertiary/aromatic N) is 2. The van der Waals surface area contributed by atoms with E-state index in [-0.39, 0.29) is 6.42 Å². The van der Waals surface area contributed by atoms with Crippen molar-refractivity contribution < 1.29 is 14.6 Å². The van der Waals surface area contributed by atoms with Gasteiger partial charge < -0.3 is 9.84 Å². The molecule has 0 radical (unpaired) electrons. The van der Waals surface area contributed by atoms with Crippen LogP contribution in [0.25, 0.3) is 5.69 Å². The summed E-state index contributed by atoms with van der Waals surface area (Å²) in [4.78, 5) is 10.7. The molecule has 1 aromatic heterocycles. The van der Waals surface area contributed by atoms with Crippen molar-refractivity contribution in [3.05, 3.63) is 40.5 Å². The Balaban J connectivity index is 2.44. The molecule has 0 aliphatic rings. The molecule has 0 unspecified atom stereocenters. The molecule has 6 heteroatoms. The smallest absolute Gasteiger partial charge is 0.303 e. The van der Waals surface area contributed by atoms with Crippen molar-refractivity contribution in [2.24, 2.45) is 0 Å². The monoisotopic (exact) mass is 294 g/mol. The van der Waals surface area contributed by atoms with Gasteiger partial charge in [-0.2, -0.15) is 5.10 Å². The minimum absolute atomic E-state index is 0.0401. The number of aryl methyl sites for hydroxylation is 1. The van der Waals surface area contributed by atoms with Gasteiger partial charge >= 0.3 is 5.97 Å². The Morgan fingerprint density at radius 3 is 2.85 bits per heavy atom. The third kappa shape index (κ3) is 2.93. The van der Waals surface area contributed by atoms with E-state index in [1.54, 1.807) is 23.9 Å². The summed E-state index contributed by atoms with van der Waals surface area (Å²) in [7, 11) is 1.54. The lowest BCUT2D eigenvalue weighted by molar-refractivity contribution is -0.136. The molecule has 1 heterocycles. The first-order valence-corrected chi connectivity index (χ1v) is 6.51. The Hall–Kier alpha value is -2.01. The van der Waals surface area contributed by atoms with Gasteiger partial charge in [0.15, 0.2) is 0 Å². The molecule has 0 spiro atoms. The summed E-state index contributed by atoms with van der Waals surface area (Å²) in [5.74, 6) is -0.298. The number of aromatic nitrogens is 2. The molecule has 0 atom stereocenters. The Bertz CT molecular complexity index is 637. The van der Waals surface area contributed by atoms with Gasteiger partial charge in [-0.15, -0.1) is 0 Å². The van der Waals surface area contributed by atoms with Crippen LogP contribution in [0, 0.1) is 6.92 Å². The average Bonchev–Trinajstić information content (AvgIpc) is 2.72. The lowest BCUT2D eigenvalue weighted by Crippen LogP contribution is -2.02. The van der Waals surface area contributed by atoms with Gasteiger partial charge in [-0.05, 0) is 31.5 Å². The highest BCUT2D eigenvalue weighted by Gasteiger charge is 2.18. The first kappa shape index (κ1) is 14.4. The molecule has 0 amide bonds. The van der Waals surface area contributed by atoms with E-state index in [9.17, 15) is 4.79 Å². The van der Waals surface area contributed by atoms with Gasteiger partial charge in [0.05, 0.1) is 18.5 Å². The molecule has 1 N–H and O–H groups in total. The van der Waals surface area contributed by atoms with Crippen LogP contribution in [0.2, 0.25) is 5.02 Å². The van der Waals surface area contributed by atoms with Crippen LogP contribution in [0.1, 0.15) is 17.7 Å². The minimum Gasteiger partial charge on any atom is -0.481 e. The van der Waals surface area contributed by atoms with Gasteiger partial charge in [-0.3, -0.25) is 4.79 Å². The molecular formula is C14H15ClN2O3. The molecule has 0 aliphatic heterocycles. The number of carboxylic acids is 1. The zero-order valence-electron chi connectivity index (χ0n) is 11.3. The third-order valence-corrected chi connectivity index (χ3v) is 3.21. The van der Waals surface area contributed by atoms with Crippen LogP contribution in [0.3, 0.4) is 0 Å². The molecule has 106 valence electrons. The Labute approximate surface area is 121 Å². The van der Waals surface area contributed by atoms with Crippen molar-refractivity contribution >= 4 is 17.6 Å². The van der Waals surface area contributed by atoms with E-state index in [2.05, 4.69) is 5.10 Å². The predicted octanol–water partition coefficient (Wildman–Crippen LogP) is 2.86. The lowest BCUT2D eigenvalue weighted by atomic mass is 10.1. The summed E-state index contributed by atoms with van der Waals surface area (Å²) >= 11 is 5.98. The van der Waals surface area contributed by atoms with Gasteiger partial charge in [0.2, 0.25) is 5.88 Å². The maximum atomic E-state index is 10.7. The number of halogens is 1. The number of rotatable bonds is 5. The van der Waals surface area contributed by atoms with E-state index >= 15 is 0 Å². The maximum absolute atomic E-state index is 10.7. The summed E-state index contributed by atoms with van der Waals surface area (Å²) < 4.78 is 7.03. The quantitative estimate of drug-likeness (QED) is 0.921. The van der Waals surface area contributed by atoms with Crippen LogP contribution in [0.15, 0.2) is 24.3 Å². The topological polar surface area (TPSA) is 64.3 Å². The fraction of sp³-hybridized carbons (Fsp3) is 0.286. The summed E-state index contributed by atoms with van der Waals surface area (Å²) in [5, 5.41) is 13.8. The van der Waals surface area contributed by atoms with E-state index in [0.717, 1.165) is 16.9 Å². The molecule has 2 rings (SSSR count). The van der Waals surface area contributed by atoms with Crippen molar-refractivity contribution in [2.45, 2.75) is 19.8 Å². The number of carbonyl (C=O) groups is 1. The second kappa shape index (κ2) is 5.96. The number of hydrogen-bond donors (Lipinski definition) is 1. The second-order valence-corrected chi connectivity index (χ2v) is 4.80. The van der Waals surface area contributed by atoms with Crippen LogP contribution in [0.4, 0.5) is 0 Å². The van der Waals surface area contributed by atoms with Gasteiger partial charge in [-0.1, -0.05) is 17.7 Å². The summed E-state index contributed by atoms with van der Waals surface area (Å²) in [6.45, 7) is 1.83. The molecule has 2 aromatic rings. The molecule has 0 bridgehead atoms. The van der Waals surface area contributed by atoms with Crippen molar-refractivity contribution in [3.8, 4) is 11.6 Å². The standard InChI is InChI=1S/C14H15ClN2O3/c1-9-12(6-7-13(18)19)14(20-2)17(16-9)11-5-3-4-10(15)8-11/h3-5,8H,6-7H2,1-2H3,(H,18,19). The Morgan fingerprint density at radius 2 is 2.25 bits per heavy atom. The highest BCUT2D eigenvalue weighted by Crippen LogP contribution is 2.27. The van der Waals surface area contributed by atoms with Gasteiger partial charge in [0, 0.05) is 17.0 Å². The van der Waals surface area contributed by atoms with E-state index in [4.69, 9.17) is 21.4 Å². The number of ether oxygens (including phenoxy) is 1. The molecule has 0 saturated carbocycles. The zero-order valence-corrected chi connectivity index (χ0v) is 12.0. The van der Waals surface area contributed by atoms with E-state index < -0.39 is 5.97 Å². The van der Waals surface area contributed by atoms with E-state index in [1.807, 2.05) is 19.1 Å². The van der Waals surface area contributed by atoms with Crippen LogP contribution < -0.4 is 4.74 Å². The lowest BCUT2D eigenvalue weighted by Gasteiger charge is -2.08. The van der Waals surface area contributed by atoms with Gasteiger partial charge in [0.25, 0.3) is 0 Å². The zero-order chi connectivity index (χ0) is 14.7. The highest BCUT2D eigenvalue weighted by molar-refractivity contribution is 6.30. The Morgan fingerprint density at radius 1 is 1.50 bits per heavy atom. The molecule has 1 aromatic carbocycles. The molecule has 0 saturated heterocycles. The van der Waals surface area contributed by atoms with Crippen LogP contribution in [-0.4, -0.2) is 28.0 Å². The maximum Gasteiger partial charge on any atom is 0.303 e. The summed E-state index contributed by atoms with van der Waals surface area (Å²) in [5.41, 5.74) is 2.33. The van der Waals surface area contributed by atoms with Crippen molar-refractivity contribution in [2.75, 3.05) is 7.11 Å². The van der Waals surface area contributed by atoms with Crippen LogP contribution in [-0.2, 0) is 11.2 Å². The number of carboxylic acid groups (broad SMARTS) is 1. The van der Waals surface area contributed by atoms with Crippen molar-refractivity contribution in [1.82, 2.24) is 9.78 Å². The number of aliphatic carboxylic acids is 1. The number of methoxy groups -OCH3 is 1. The fourth-order valence-corrected chi connectivity index (χ4v) is 2.24. The third-order valence-electron chi connectivity index (χ3n) is 2.97. The van der Waals surface area contributed by atoms with E-state index in [1.165, 1.54) is 0 Å². The first-order chi connectivity index (χ1) is 9.52. The second-order valence-electron chi connectivity index (χ2n) is 4.36. The normalized spacial score (nSPS) is 10.6. The summed E-state index contributed by atoms with van der Waals surface area (Å²) in [6, 6.07) is 7.24. The Kier molecular flexibility index (Phi) is 4.29. The van der Waals surface area contributed by atoms with E-state index in [0.29, 0.717) is 17.3 Å².